The average Bonchev–Trinajstić information content (AvgIpc) is 2.28. The van der Waals surface area contributed by atoms with Crippen molar-refractivity contribution >= 4 is 5.91 Å². The molecule has 1 atom stereocenters. The Bertz CT molecular complexity index is 242. The Morgan fingerprint density at radius 2 is 1.81 bits per heavy atom. The molecule has 0 aromatic rings. The summed E-state index contributed by atoms with van der Waals surface area (Å²) in [5, 5.41) is 0. The van der Waals surface area contributed by atoms with Gasteiger partial charge in [-0.1, -0.05) is 27.7 Å². The number of rotatable bonds is 3. The molecule has 94 valence electrons. The van der Waals surface area contributed by atoms with Crippen LogP contribution in [-0.2, 0) is 4.79 Å². The van der Waals surface area contributed by atoms with Gasteiger partial charge in [0, 0.05) is 19.0 Å². The van der Waals surface area contributed by atoms with Gasteiger partial charge in [0.05, 0.1) is 0 Å². The van der Waals surface area contributed by atoms with Gasteiger partial charge < -0.3 is 10.6 Å². The van der Waals surface area contributed by atoms with Crippen molar-refractivity contribution in [1.29, 1.82) is 0 Å². The van der Waals surface area contributed by atoms with Crippen molar-refractivity contribution in [1.82, 2.24) is 4.90 Å². The predicted molar refractivity (Wildman–Crippen MR) is 67.0 cm³/mol. The lowest BCUT2D eigenvalue weighted by atomic mass is 9.80. The SMILES string of the molecule is CC(C)C(C)C(=O)N1CCC(C)(CN)CC1. The molecule has 1 rings (SSSR count). The lowest BCUT2D eigenvalue weighted by Gasteiger charge is -2.40. The van der Waals surface area contributed by atoms with Gasteiger partial charge in [-0.3, -0.25) is 4.79 Å². The molecule has 1 aliphatic rings. The maximum absolute atomic E-state index is 12.1. The largest absolute Gasteiger partial charge is 0.342 e. The maximum Gasteiger partial charge on any atom is 0.225 e. The first-order chi connectivity index (χ1) is 7.39. The van der Waals surface area contributed by atoms with E-state index in [2.05, 4.69) is 20.8 Å². The monoisotopic (exact) mass is 226 g/mol. The van der Waals surface area contributed by atoms with Crippen LogP contribution in [0.5, 0.6) is 0 Å². The molecule has 0 saturated carbocycles. The molecule has 0 aromatic carbocycles. The standard InChI is InChI=1S/C13H26N2O/c1-10(2)11(3)12(16)15-7-5-13(4,9-14)6-8-15/h10-11H,5-9,14H2,1-4H3. The Morgan fingerprint density at radius 1 is 1.31 bits per heavy atom. The van der Waals surface area contributed by atoms with Crippen LogP contribution in [0.15, 0.2) is 0 Å². The summed E-state index contributed by atoms with van der Waals surface area (Å²) in [5.41, 5.74) is 6.01. The Hall–Kier alpha value is -0.570. The van der Waals surface area contributed by atoms with Gasteiger partial charge in [-0.25, -0.2) is 0 Å². The smallest absolute Gasteiger partial charge is 0.225 e. The third-order valence-corrected chi connectivity index (χ3v) is 4.16. The summed E-state index contributed by atoms with van der Waals surface area (Å²) in [6.07, 6.45) is 2.08. The minimum absolute atomic E-state index is 0.141. The number of hydrogen-bond donors (Lipinski definition) is 1. The van der Waals surface area contributed by atoms with Gasteiger partial charge in [0.2, 0.25) is 5.91 Å². The number of nitrogens with two attached hydrogens (primary N) is 1. The van der Waals surface area contributed by atoms with E-state index in [1.165, 1.54) is 0 Å². The van der Waals surface area contributed by atoms with Gasteiger partial charge in [0.15, 0.2) is 0 Å². The highest BCUT2D eigenvalue weighted by Crippen LogP contribution is 2.30. The zero-order valence-electron chi connectivity index (χ0n) is 11.1. The zero-order chi connectivity index (χ0) is 12.3. The van der Waals surface area contributed by atoms with E-state index in [1.54, 1.807) is 0 Å². The highest BCUT2D eigenvalue weighted by Gasteiger charge is 2.32. The summed E-state index contributed by atoms with van der Waals surface area (Å²) in [5.74, 6) is 0.881. The van der Waals surface area contributed by atoms with Crippen LogP contribution in [0.25, 0.3) is 0 Å². The number of nitrogens with zero attached hydrogens (tertiary/aromatic N) is 1. The third-order valence-electron chi connectivity index (χ3n) is 4.16. The van der Waals surface area contributed by atoms with E-state index in [9.17, 15) is 4.79 Å². The molecule has 0 radical (unpaired) electrons. The molecular weight excluding hydrogens is 200 g/mol. The average molecular weight is 226 g/mol. The fraction of sp³-hybridized carbons (Fsp3) is 0.923. The third kappa shape index (κ3) is 2.97. The van der Waals surface area contributed by atoms with Crippen molar-refractivity contribution in [2.45, 2.75) is 40.5 Å². The second-order valence-corrected chi connectivity index (χ2v) is 5.87. The van der Waals surface area contributed by atoms with E-state index >= 15 is 0 Å². The minimum atomic E-state index is 0.141. The summed E-state index contributed by atoms with van der Waals surface area (Å²) in [6.45, 7) is 11.0. The number of amides is 1. The molecule has 1 aliphatic heterocycles. The first kappa shape index (κ1) is 13.5. The first-order valence-electron chi connectivity index (χ1n) is 6.38. The Morgan fingerprint density at radius 3 is 2.19 bits per heavy atom. The summed E-state index contributed by atoms with van der Waals surface area (Å²) in [6, 6.07) is 0. The van der Waals surface area contributed by atoms with E-state index in [4.69, 9.17) is 5.73 Å². The zero-order valence-corrected chi connectivity index (χ0v) is 11.1. The molecule has 0 aromatic heterocycles. The van der Waals surface area contributed by atoms with Gasteiger partial charge in [-0.05, 0) is 30.7 Å². The van der Waals surface area contributed by atoms with Gasteiger partial charge >= 0.3 is 0 Å². The maximum atomic E-state index is 12.1. The summed E-state index contributed by atoms with van der Waals surface area (Å²) >= 11 is 0. The summed E-state index contributed by atoms with van der Waals surface area (Å²) < 4.78 is 0. The van der Waals surface area contributed by atoms with Crippen molar-refractivity contribution in [3.05, 3.63) is 0 Å². The van der Waals surface area contributed by atoms with E-state index in [0.29, 0.717) is 11.8 Å². The van der Waals surface area contributed by atoms with Crippen molar-refractivity contribution in [3.63, 3.8) is 0 Å². The molecule has 0 aliphatic carbocycles. The molecule has 1 unspecified atom stereocenters. The normalized spacial score (nSPS) is 22.2. The molecule has 1 amide bonds. The van der Waals surface area contributed by atoms with Gasteiger partial charge in [-0.15, -0.1) is 0 Å². The first-order valence-corrected chi connectivity index (χ1v) is 6.38. The van der Waals surface area contributed by atoms with E-state index in [1.807, 2.05) is 11.8 Å². The van der Waals surface area contributed by atoms with Crippen LogP contribution in [0.2, 0.25) is 0 Å². The highest BCUT2D eigenvalue weighted by molar-refractivity contribution is 5.78. The lowest BCUT2D eigenvalue weighted by Crippen LogP contribution is -2.47. The van der Waals surface area contributed by atoms with E-state index < -0.39 is 0 Å². The second-order valence-electron chi connectivity index (χ2n) is 5.87. The summed E-state index contributed by atoms with van der Waals surface area (Å²) in [7, 11) is 0. The van der Waals surface area contributed by atoms with Crippen LogP contribution < -0.4 is 5.73 Å². The Kier molecular flexibility index (Phi) is 4.36. The van der Waals surface area contributed by atoms with Crippen LogP contribution in [0, 0.1) is 17.3 Å². The predicted octanol–water partition coefficient (Wildman–Crippen LogP) is 1.87. The van der Waals surface area contributed by atoms with Crippen LogP contribution in [0.4, 0.5) is 0 Å². The molecule has 3 nitrogen and oxygen atoms in total. The van der Waals surface area contributed by atoms with Gasteiger partial charge in [0.1, 0.15) is 0 Å². The Labute approximate surface area is 99.4 Å². The minimum Gasteiger partial charge on any atom is -0.342 e. The molecule has 16 heavy (non-hydrogen) atoms. The summed E-state index contributed by atoms with van der Waals surface area (Å²) in [4.78, 5) is 14.1. The van der Waals surface area contributed by atoms with Crippen molar-refractivity contribution in [2.24, 2.45) is 23.0 Å². The van der Waals surface area contributed by atoms with Gasteiger partial charge in [0.25, 0.3) is 0 Å². The highest BCUT2D eigenvalue weighted by atomic mass is 16.2. The molecule has 1 fully saturated rings. The van der Waals surface area contributed by atoms with Crippen LogP contribution in [0.1, 0.15) is 40.5 Å². The number of piperidine rings is 1. The van der Waals surface area contributed by atoms with Crippen LogP contribution >= 0.6 is 0 Å². The fourth-order valence-electron chi connectivity index (χ4n) is 2.04. The molecule has 1 saturated heterocycles. The van der Waals surface area contributed by atoms with E-state index in [-0.39, 0.29) is 11.3 Å². The van der Waals surface area contributed by atoms with Gasteiger partial charge in [-0.2, -0.15) is 0 Å². The van der Waals surface area contributed by atoms with E-state index in [0.717, 1.165) is 32.5 Å². The topological polar surface area (TPSA) is 46.3 Å². The second kappa shape index (κ2) is 5.17. The fourth-order valence-corrected chi connectivity index (χ4v) is 2.04. The Balaban J connectivity index is 2.51. The van der Waals surface area contributed by atoms with Crippen molar-refractivity contribution in [3.8, 4) is 0 Å². The molecule has 0 bridgehead atoms. The quantitative estimate of drug-likeness (QED) is 0.798. The van der Waals surface area contributed by atoms with Crippen LogP contribution in [0.3, 0.4) is 0 Å². The number of likely N-dealkylation sites (tertiary alicyclic amines) is 1. The van der Waals surface area contributed by atoms with Crippen LogP contribution in [-0.4, -0.2) is 30.4 Å². The lowest BCUT2D eigenvalue weighted by molar-refractivity contribution is -0.138. The molecule has 0 spiro atoms. The van der Waals surface area contributed by atoms with Crippen molar-refractivity contribution < 1.29 is 4.79 Å². The number of hydrogen-bond acceptors (Lipinski definition) is 2. The molecule has 1 heterocycles. The molecule has 2 N–H and O–H groups in total. The van der Waals surface area contributed by atoms with Crippen molar-refractivity contribution in [2.75, 3.05) is 19.6 Å². The number of carbonyl (C=O) groups excluding carboxylic acids is 1. The number of carbonyl (C=O) groups is 1. The molecule has 3 heteroatoms. The molecular formula is C13H26N2O.